The van der Waals surface area contributed by atoms with E-state index in [9.17, 15) is 4.79 Å². The monoisotopic (exact) mass is 189 g/mol. The molecule has 0 aliphatic heterocycles. The summed E-state index contributed by atoms with van der Waals surface area (Å²) in [4.78, 5) is 9.61. The van der Waals surface area contributed by atoms with E-state index in [1.165, 1.54) is 6.07 Å². The molecule has 0 amide bonds. The number of nitriles is 1. The molecule has 6 heteroatoms. The van der Waals surface area contributed by atoms with E-state index in [4.69, 9.17) is 25.7 Å². The molecule has 0 saturated carbocycles. The van der Waals surface area contributed by atoms with Crippen molar-refractivity contribution >= 4 is 5.97 Å². The molecule has 0 aromatic rings. The van der Waals surface area contributed by atoms with Crippen molar-refractivity contribution in [1.29, 1.82) is 5.26 Å². The van der Waals surface area contributed by atoms with Crippen molar-refractivity contribution in [2.45, 2.75) is 6.10 Å². The summed E-state index contributed by atoms with van der Waals surface area (Å²) in [5.41, 5.74) is -0.431. The lowest BCUT2D eigenvalue weighted by Crippen LogP contribution is -2.15. The standard InChI is InChI=1S/C4H3NO2.C3H8O3/c1-3(2-5)4(6)7;4-1-3(6)2-5/h1H2,(H,6,7);3-6H,1-2H2. The maximum atomic E-state index is 9.61. The van der Waals surface area contributed by atoms with Gasteiger partial charge >= 0.3 is 5.97 Å². The summed E-state index contributed by atoms with van der Waals surface area (Å²) < 4.78 is 0. The zero-order chi connectivity index (χ0) is 10.9. The smallest absolute Gasteiger partial charge is 0.345 e. The van der Waals surface area contributed by atoms with Crippen LogP contribution in [0.15, 0.2) is 12.2 Å². The highest BCUT2D eigenvalue weighted by molar-refractivity contribution is 5.90. The second-order valence-corrected chi connectivity index (χ2v) is 1.91. The molecule has 0 radical (unpaired) electrons. The summed E-state index contributed by atoms with van der Waals surface area (Å²) in [6.45, 7) is 2.18. The van der Waals surface area contributed by atoms with E-state index < -0.39 is 17.6 Å². The first-order valence-corrected chi connectivity index (χ1v) is 3.21. The van der Waals surface area contributed by atoms with Crippen LogP contribution in [0, 0.1) is 11.3 Å². The van der Waals surface area contributed by atoms with Crippen LogP contribution < -0.4 is 0 Å². The van der Waals surface area contributed by atoms with Gasteiger partial charge in [0.15, 0.2) is 0 Å². The van der Waals surface area contributed by atoms with Gasteiger partial charge in [-0.3, -0.25) is 0 Å². The van der Waals surface area contributed by atoms with E-state index in [0.717, 1.165) is 0 Å². The highest BCUT2D eigenvalue weighted by Gasteiger charge is 1.97. The van der Waals surface area contributed by atoms with Crippen molar-refractivity contribution in [3.63, 3.8) is 0 Å². The van der Waals surface area contributed by atoms with Crippen molar-refractivity contribution in [2.24, 2.45) is 0 Å². The minimum absolute atomic E-state index is 0.365. The number of hydrogen-bond acceptors (Lipinski definition) is 5. The summed E-state index contributed by atoms with van der Waals surface area (Å²) in [6, 6.07) is 1.37. The third-order valence-corrected chi connectivity index (χ3v) is 0.815. The van der Waals surface area contributed by atoms with E-state index in [0.29, 0.717) is 0 Å². The fourth-order valence-electron chi connectivity index (χ4n) is 0.106. The summed E-state index contributed by atoms with van der Waals surface area (Å²) in [5.74, 6) is -1.26. The zero-order valence-electron chi connectivity index (χ0n) is 6.84. The van der Waals surface area contributed by atoms with E-state index in [2.05, 4.69) is 6.58 Å². The lowest BCUT2D eigenvalue weighted by atomic mass is 10.4. The number of carbonyl (C=O) groups is 1. The Labute approximate surface area is 75.0 Å². The third-order valence-electron chi connectivity index (χ3n) is 0.815. The highest BCUT2D eigenvalue weighted by atomic mass is 16.4. The van der Waals surface area contributed by atoms with Gasteiger partial charge < -0.3 is 20.4 Å². The number of carboxylic acid groups (broad SMARTS) is 1. The molecule has 74 valence electrons. The highest BCUT2D eigenvalue weighted by Crippen LogP contribution is 1.81. The Morgan fingerprint density at radius 2 is 1.85 bits per heavy atom. The van der Waals surface area contributed by atoms with Crippen LogP contribution in [-0.2, 0) is 4.79 Å². The summed E-state index contributed by atoms with van der Waals surface area (Å²) in [7, 11) is 0. The van der Waals surface area contributed by atoms with Gasteiger partial charge in [0.1, 0.15) is 17.7 Å². The fraction of sp³-hybridized carbons (Fsp3) is 0.429. The number of carboxylic acids is 1. The molecule has 0 aliphatic rings. The second kappa shape index (κ2) is 8.67. The maximum absolute atomic E-state index is 9.61. The molecule has 0 saturated heterocycles. The van der Waals surface area contributed by atoms with Crippen LogP contribution in [0.1, 0.15) is 0 Å². The molecule has 0 rings (SSSR count). The first kappa shape index (κ1) is 14.1. The van der Waals surface area contributed by atoms with Crippen LogP contribution in [0.25, 0.3) is 0 Å². The number of aliphatic hydroxyl groups is 3. The maximum Gasteiger partial charge on any atom is 0.345 e. The number of rotatable bonds is 3. The van der Waals surface area contributed by atoms with Gasteiger partial charge in [0.2, 0.25) is 0 Å². The molecule has 0 aromatic heterocycles. The zero-order valence-corrected chi connectivity index (χ0v) is 6.84. The lowest BCUT2D eigenvalue weighted by molar-refractivity contribution is -0.132. The van der Waals surface area contributed by atoms with Crippen LogP contribution in [0.2, 0.25) is 0 Å². The predicted molar refractivity (Wildman–Crippen MR) is 42.6 cm³/mol. The van der Waals surface area contributed by atoms with Gasteiger partial charge in [-0.1, -0.05) is 6.58 Å². The lowest BCUT2D eigenvalue weighted by Gasteiger charge is -1.96. The molecule has 6 nitrogen and oxygen atoms in total. The van der Waals surface area contributed by atoms with Crippen LogP contribution >= 0.6 is 0 Å². The molecule has 0 bridgehead atoms. The Morgan fingerprint density at radius 1 is 1.46 bits per heavy atom. The number of aliphatic carboxylic acids is 1. The molecule has 13 heavy (non-hydrogen) atoms. The van der Waals surface area contributed by atoms with E-state index in [1.54, 1.807) is 0 Å². The van der Waals surface area contributed by atoms with Crippen LogP contribution in [0.5, 0.6) is 0 Å². The average molecular weight is 189 g/mol. The SMILES string of the molecule is C=C(C#N)C(=O)O.OCC(O)CO. The molecule has 0 spiro atoms. The minimum atomic E-state index is -1.26. The molecule has 0 aliphatic carbocycles. The Kier molecular flexibility index (Phi) is 9.42. The molecule has 0 atom stereocenters. The molecule has 4 N–H and O–H groups in total. The molecule has 0 unspecified atom stereocenters. The molecule has 0 heterocycles. The Bertz CT molecular complexity index is 203. The molecular formula is C7H11NO5. The second-order valence-electron chi connectivity index (χ2n) is 1.91. The molecular weight excluding hydrogens is 178 g/mol. The quantitative estimate of drug-likeness (QED) is 0.316. The van der Waals surface area contributed by atoms with Gasteiger partial charge in [-0.15, -0.1) is 0 Å². The fourth-order valence-corrected chi connectivity index (χ4v) is 0.106. The Hall–Kier alpha value is -1.42. The first-order chi connectivity index (χ1) is 5.99. The van der Waals surface area contributed by atoms with Gasteiger partial charge in [0.25, 0.3) is 0 Å². The minimum Gasteiger partial charge on any atom is -0.477 e. The van der Waals surface area contributed by atoms with Crippen molar-refractivity contribution in [2.75, 3.05) is 13.2 Å². The van der Waals surface area contributed by atoms with Gasteiger partial charge in [0.05, 0.1) is 13.2 Å². The summed E-state index contributed by atoms with van der Waals surface area (Å²) >= 11 is 0. The van der Waals surface area contributed by atoms with Gasteiger partial charge in [-0.05, 0) is 0 Å². The normalized spacial score (nSPS) is 8.23. The van der Waals surface area contributed by atoms with Crippen molar-refractivity contribution in [3.05, 3.63) is 12.2 Å². The van der Waals surface area contributed by atoms with E-state index >= 15 is 0 Å². The summed E-state index contributed by atoms with van der Waals surface area (Å²) in [6.07, 6.45) is -0.954. The van der Waals surface area contributed by atoms with E-state index in [1.807, 2.05) is 0 Å². The van der Waals surface area contributed by atoms with E-state index in [-0.39, 0.29) is 13.2 Å². The van der Waals surface area contributed by atoms with Gasteiger partial charge in [-0.2, -0.15) is 5.26 Å². The van der Waals surface area contributed by atoms with Crippen molar-refractivity contribution < 1.29 is 25.2 Å². The van der Waals surface area contributed by atoms with Crippen LogP contribution in [0.3, 0.4) is 0 Å². The number of hydrogen-bond donors (Lipinski definition) is 4. The van der Waals surface area contributed by atoms with Gasteiger partial charge in [-0.25, -0.2) is 4.79 Å². The number of aliphatic hydroxyl groups excluding tert-OH is 3. The van der Waals surface area contributed by atoms with Crippen LogP contribution in [0.4, 0.5) is 0 Å². The molecule has 0 fully saturated rings. The average Bonchev–Trinajstić information content (AvgIpc) is 2.16. The summed E-state index contributed by atoms with van der Waals surface area (Å²) in [5, 5.41) is 39.7. The third kappa shape index (κ3) is 10.6. The Balaban J connectivity index is 0. The predicted octanol–water partition coefficient (Wildman–Crippen LogP) is -1.52. The van der Waals surface area contributed by atoms with Crippen molar-refractivity contribution in [1.82, 2.24) is 0 Å². The molecule has 0 aromatic carbocycles. The van der Waals surface area contributed by atoms with Crippen molar-refractivity contribution in [3.8, 4) is 6.07 Å². The number of nitrogens with zero attached hydrogens (tertiary/aromatic N) is 1. The largest absolute Gasteiger partial charge is 0.477 e. The Morgan fingerprint density at radius 3 is 1.85 bits per heavy atom. The first-order valence-electron chi connectivity index (χ1n) is 3.21. The van der Waals surface area contributed by atoms with Gasteiger partial charge in [0, 0.05) is 0 Å². The topological polar surface area (TPSA) is 122 Å². The van der Waals surface area contributed by atoms with Crippen LogP contribution in [-0.4, -0.2) is 45.7 Å².